The molecule has 0 amide bonds. The lowest BCUT2D eigenvalue weighted by molar-refractivity contribution is 0.320. The lowest BCUT2D eigenvalue weighted by Gasteiger charge is -2.10. The normalized spacial score (nSPS) is 11.4. The van der Waals surface area contributed by atoms with Gasteiger partial charge in [-0.3, -0.25) is 0 Å². The largest absolute Gasteiger partial charge is 0.491 e. The summed E-state index contributed by atoms with van der Waals surface area (Å²) in [4.78, 5) is 0. The Labute approximate surface area is 93.9 Å². The molecular weight excluding hydrogens is 268 g/mol. The van der Waals surface area contributed by atoms with E-state index in [4.69, 9.17) is 0 Å². The van der Waals surface area contributed by atoms with Gasteiger partial charge in [-0.2, -0.15) is 21.6 Å². The SMILES string of the molecule is COc1c(F)c(F)c(F)c(OS(C)(=O)=O)c1F. The van der Waals surface area contributed by atoms with E-state index >= 15 is 0 Å². The summed E-state index contributed by atoms with van der Waals surface area (Å²) in [7, 11) is -3.51. The third-order valence-corrected chi connectivity index (χ3v) is 2.09. The molecule has 17 heavy (non-hydrogen) atoms. The Morgan fingerprint density at radius 2 is 1.35 bits per heavy atom. The Hall–Kier alpha value is -1.51. The summed E-state index contributed by atoms with van der Waals surface area (Å²) in [6, 6.07) is 0. The van der Waals surface area contributed by atoms with Crippen molar-refractivity contribution in [1.29, 1.82) is 0 Å². The van der Waals surface area contributed by atoms with Crippen LogP contribution in [-0.2, 0) is 10.1 Å². The Bertz CT molecular complexity index is 555. The van der Waals surface area contributed by atoms with Gasteiger partial charge in [-0.05, 0) is 0 Å². The number of benzene rings is 1. The molecule has 0 saturated heterocycles. The van der Waals surface area contributed by atoms with Crippen molar-refractivity contribution in [1.82, 2.24) is 0 Å². The average molecular weight is 274 g/mol. The van der Waals surface area contributed by atoms with Crippen LogP contribution in [0.2, 0.25) is 0 Å². The summed E-state index contributed by atoms with van der Waals surface area (Å²) >= 11 is 0. The van der Waals surface area contributed by atoms with Crippen molar-refractivity contribution in [3.63, 3.8) is 0 Å². The second-order valence-corrected chi connectivity index (χ2v) is 4.48. The summed E-state index contributed by atoms with van der Waals surface area (Å²) in [6.45, 7) is 0. The molecule has 9 heteroatoms. The van der Waals surface area contributed by atoms with Crippen molar-refractivity contribution in [3.8, 4) is 11.5 Å². The number of hydrogen-bond acceptors (Lipinski definition) is 4. The molecule has 0 unspecified atom stereocenters. The van der Waals surface area contributed by atoms with E-state index in [1.54, 1.807) is 0 Å². The van der Waals surface area contributed by atoms with Gasteiger partial charge in [0.15, 0.2) is 5.75 Å². The van der Waals surface area contributed by atoms with Crippen molar-refractivity contribution in [2.75, 3.05) is 13.4 Å². The first-order valence-electron chi connectivity index (χ1n) is 3.98. The van der Waals surface area contributed by atoms with Gasteiger partial charge in [0.25, 0.3) is 0 Å². The third-order valence-electron chi connectivity index (χ3n) is 1.62. The number of halogens is 4. The van der Waals surface area contributed by atoms with Crippen LogP contribution in [0.3, 0.4) is 0 Å². The van der Waals surface area contributed by atoms with Gasteiger partial charge >= 0.3 is 10.1 Å². The monoisotopic (exact) mass is 274 g/mol. The molecule has 0 aromatic heterocycles. The molecule has 0 bridgehead atoms. The fraction of sp³-hybridized carbons (Fsp3) is 0.250. The first-order valence-corrected chi connectivity index (χ1v) is 5.80. The predicted molar refractivity (Wildman–Crippen MR) is 48.3 cm³/mol. The molecule has 0 heterocycles. The van der Waals surface area contributed by atoms with Gasteiger partial charge in [0.1, 0.15) is 0 Å². The van der Waals surface area contributed by atoms with Gasteiger partial charge in [-0.15, -0.1) is 0 Å². The van der Waals surface area contributed by atoms with Gasteiger partial charge in [0.2, 0.25) is 29.0 Å². The Morgan fingerprint density at radius 1 is 0.882 bits per heavy atom. The van der Waals surface area contributed by atoms with E-state index in [9.17, 15) is 26.0 Å². The van der Waals surface area contributed by atoms with Crippen molar-refractivity contribution in [2.24, 2.45) is 0 Å². The van der Waals surface area contributed by atoms with Crippen LogP contribution < -0.4 is 8.92 Å². The lowest BCUT2D eigenvalue weighted by Crippen LogP contribution is -2.11. The van der Waals surface area contributed by atoms with E-state index in [0.29, 0.717) is 6.26 Å². The smallest absolute Gasteiger partial charge is 0.306 e. The second kappa shape index (κ2) is 4.40. The number of methoxy groups -OCH3 is 1. The maximum absolute atomic E-state index is 13.3. The maximum Gasteiger partial charge on any atom is 0.306 e. The highest BCUT2D eigenvalue weighted by Gasteiger charge is 2.29. The van der Waals surface area contributed by atoms with Crippen LogP contribution in [0.5, 0.6) is 11.5 Å². The minimum Gasteiger partial charge on any atom is -0.491 e. The molecule has 0 radical (unpaired) electrons. The molecule has 0 saturated carbocycles. The second-order valence-electron chi connectivity index (χ2n) is 2.91. The zero-order valence-corrected chi connectivity index (χ0v) is 9.37. The summed E-state index contributed by atoms with van der Waals surface area (Å²) < 4.78 is 81.7. The van der Waals surface area contributed by atoms with Crippen molar-refractivity contribution in [3.05, 3.63) is 23.3 Å². The van der Waals surface area contributed by atoms with Gasteiger partial charge in [0.05, 0.1) is 13.4 Å². The molecule has 1 aromatic carbocycles. The maximum atomic E-state index is 13.3. The molecule has 0 fully saturated rings. The molecule has 0 spiro atoms. The summed E-state index contributed by atoms with van der Waals surface area (Å²) in [5.74, 6) is -10.7. The Balaban J connectivity index is 3.56. The van der Waals surface area contributed by atoms with Crippen LogP contribution in [0, 0.1) is 23.3 Å². The molecule has 1 aromatic rings. The van der Waals surface area contributed by atoms with Gasteiger partial charge in [0, 0.05) is 0 Å². The van der Waals surface area contributed by atoms with E-state index in [2.05, 4.69) is 8.92 Å². The van der Waals surface area contributed by atoms with E-state index in [0.717, 1.165) is 7.11 Å². The average Bonchev–Trinajstić information content (AvgIpc) is 2.21. The van der Waals surface area contributed by atoms with Gasteiger partial charge in [-0.1, -0.05) is 0 Å². The number of ether oxygens (including phenoxy) is 1. The minimum absolute atomic E-state index is 0.486. The lowest BCUT2D eigenvalue weighted by atomic mass is 10.2. The zero-order chi connectivity index (χ0) is 13.4. The van der Waals surface area contributed by atoms with Crippen LogP contribution in [0.25, 0.3) is 0 Å². The fourth-order valence-corrected chi connectivity index (χ4v) is 1.44. The van der Waals surface area contributed by atoms with Gasteiger partial charge in [-0.25, -0.2) is 4.39 Å². The first-order chi connectivity index (χ1) is 7.69. The highest BCUT2D eigenvalue weighted by molar-refractivity contribution is 7.86. The number of hydrogen-bond donors (Lipinski definition) is 0. The summed E-state index contributed by atoms with van der Waals surface area (Å²) in [6.07, 6.45) is 0.486. The van der Waals surface area contributed by atoms with Crippen molar-refractivity contribution >= 4 is 10.1 Å². The Kier molecular flexibility index (Phi) is 3.51. The highest BCUT2D eigenvalue weighted by atomic mass is 32.2. The fourth-order valence-electron chi connectivity index (χ4n) is 0.995. The molecule has 0 N–H and O–H groups in total. The summed E-state index contributed by atoms with van der Waals surface area (Å²) in [5.41, 5.74) is 0. The highest BCUT2D eigenvalue weighted by Crippen LogP contribution is 2.35. The third kappa shape index (κ3) is 2.60. The Morgan fingerprint density at radius 3 is 1.76 bits per heavy atom. The topological polar surface area (TPSA) is 52.6 Å². The van der Waals surface area contributed by atoms with Crippen LogP contribution in [0.1, 0.15) is 0 Å². The van der Waals surface area contributed by atoms with E-state index in [-0.39, 0.29) is 0 Å². The first kappa shape index (κ1) is 13.6. The van der Waals surface area contributed by atoms with Crippen LogP contribution in [-0.4, -0.2) is 21.8 Å². The predicted octanol–water partition coefficient (Wildman–Crippen LogP) is 1.59. The van der Waals surface area contributed by atoms with Crippen LogP contribution >= 0.6 is 0 Å². The molecular formula is C8H6F4O4S. The molecule has 0 aliphatic rings. The van der Waals surface area contributed by atoms with E-state index in [1.165, 1.54) is 0 Å². The van der Waals surface area contributed by atoms with E-state index < -0.39 is 44.9 Å². The standard InChI is InChI=1S/C8H6F4O4S/c1-15-7-4(10)3(9)5(11)8(6(7)12)16-17(2,13)14/h1-2H3. The van der Waals surface area contributed by atoms with Crippen LogP contribution in [0.15, 0.2) is 0 Å². The van der Waals surface area contributed by atoms with Crippen molar-refractivity contribution in [2.45, 2.75) is 0 Å². The minimum atomic E-state index is -4.30. The van der Waals surface area contributed by atoms with Crippen LogP contribution in [0.4, 0.5) is 17.6 Å². The molecule has 1 rings (SSSR count). The number of rotatable bonds is 3. The van der Waals surface area contributed by atoms with E-state index in [1.807, 2.05) is 0 Å². The molecule has 0 atom stereocenters. The zero-order valence-electron chi connectivity index (χ0n) is 8.55. The summed E-state index contributed by atoms with van der Waals surface area (Å²) in [5, 5.41) is 0. The molecule has 0 aliphatic carbocycles. The quantitative estimate of drug-likeness (QED) is 0.363. The molecule has 0 aliphatic heterocycles. The molecule has 4 nitrogen and oxygen atoms in total. The molecule has 96 valence electrons. The van der Waals surface area contributed by atoms with Gasteiger partial charge < -0.3 is 8.92 Å². The van der Waals surface area contributed by atoms with Crippen molar-refractivity contribution < 1.29 is 34.9 Å².